The predicted octanol–water partition coefficient (Wildman–Crippen LogP) is 2.76. The third-order valence-electron chi connectivity index (χ3n) is 4.80. The Balaban J connectivity index is 1.64. The molecule has 0 spiro atoms. The molecular formula is C16H27NO3S. The maximum Gasteiger partial charge on any atom is 0.306 e. The molecular weight excluding hydrogens is 286 g/mol. The molecule has 0 bridgehead atoms. The number of esters is 1. The molecule has 2 rings (SSSR count). The minimum atomic E-state index is -0.131. The lowest BCUT2D eigenvalue weighted by atomic mass is 9.86. The molecule has 0 aromatic rings. The molecule has 0 saturated heterocycles. The molecule has 2 unspecified atom stereocenters. The number of hydrogen-bond acceptors (Lipinski definition) is 4. The predicted molar refractivity (Wildman–Crippen MR) is 85.2 cm³/mol. The number of amides is 1. The van der Waals surface area contributed by atoms with Gasteiger partial charge in [-0.25, -0.2) is 0 Å². The highest BCUT2D eigenvalue weighted by atomic mass is 32.2. The maximum atomic E-state index is 12.0. The van der Waals surface area contributed by atoms with Crippen molar-refractivity contribution in [2.45, 2.75) is 57.9 Å². The van der Waals surface area contributed by atoms with Gasteiger partial charge in [-0.3, -0.25) is 9.59 Å². The summed E-state index contributed by atoms with van der Waals surface area (Å²) in [6, 6.07) is 0.358. The lowest BCUT2D eigenvalue weighted by molar-refractivity contribution is -0.141. The van der Waals surface area contributed by atoms with Crippen molar-refractivity contribution in [1.82, 2.24) is 5.32 Å². The standard InChI is InChI=1S/C16H27NO3S/c1-12-5-3-4-6-13(12)17-14(18)10-21-11-16(7-8-16)9-15(19)20-2/h12-13H,3-11H2,1-2H3,(H,17,18). The second-order valence-corrected chi connectivity index (χ2v) is 7.67. The number of ether oxygens (including phenoxy) is 1. The molecule has 21 heavy (non-hydrogen) atoms. The van der Waals surface area contributed by atoms with Crippen LogP contribution in [-0.2, 0) is 14.3 Å². The fraction of sp³-hybridized carbons (Fsp3) is 0.875. The lowest BCUT2D eigenvalue weighted by Crippen LogP contribution is -2.42. The van der Waals surface area contributed by atoms with E-state index >= 15 is 0 Å². The molecule has 0 heterocycles. The van der Waals surface area contributed by atoms with Gasteiger partial charge in [-0.15, -0.1) is 0 Å². The summed E-state index contributed by atoms with van der Waals surface area (Å²) in [4.78, 5) is 23.4. The summed E-state index contributed by atoms with van der Waals surface area (Å²) < 4.78 is 4.74. The second kappa shape index (κ2) is 7.52. The van der Waals surface area contributed by atoms with E-state index < -0.39 is 0 Å². The topological polar surface area (TPSA) is 55.4 Å². The first-order valence-electron chi connectivity index (χ1n) is 7.99. The van der Waals surface area contributed by atoms with Gasteiger partial charge in [-0.05, 0) is 42.8 Å². The van der Waals surface area contributed by atoms with Gasteiger partial charge in [-0.1, -0.05) is 19.8 Å². The van der Waals surface area contributed by atoms with E-state index in [4.69, 9.17) is 4.74 Å². The van der Waals surface area contributed by atoms with E-state index in [-0.39, 0.29) is 17.3 Å². The van der Waals surface area contributed by atoms with Crippen LogP contribution in [0.2, 0.25) is 0 Å². The van der Waals surface area contributed by atoms with Crippen molar-refractivity contribution in [2.24, 2.45) is 11.3 Å². The Morgan fingerprint density at radius 2 is 2.00 bits per heavy atom. The first-order valence-corrected chi connectivity index (χ1v) is 9.14. The summed E-state index contributed by atoms with van der Waals surface area (Å²) in [5, 5.41) is 3.18. The summed E-state index contributed by atoms with van der Waals surface area (Å²) in [5.41, 5.74) is 0.107. The van der Waals surface area contributed by atoms with Gasteiger partial charge in [0.1, 0.15) is 0 Å². The van der Waals surface area contributed by atoms with Crippen LogP contribution in [0.1, 0.15) is 51.9 Å². The monoisotopic (exact) mass is 313 g/mol. The summed E-state index contributed by atoms with van der Waals surface area (Å²) in [7, 11) is 1.43. The van der Waals surface area contributed by atoms with Gasteiger partial charge < -0.3 is 10.1 Å². The van der Waals surface area contributed by atoms with Crippen LogP contribution < -0.4 is 5.32 Å². The molecule has 2 atom stereocenters. The Morgan fingerprint density at radius 3 is 2.62 bits per heavy atom. The molecule has 4 nitrogen and oxygen atoms in total. The van der Waals surface area contributed by atoms with E-state index in [1.165, 1.54) is 26.4 Å². The molecule has 2 aliphatic rings. The van der Waals surface area contributed by atoms with Crippen molar-refractivity contribution in [3.05, 3.63) is 0 Å². The molecule has 2 fully saturated rings. The average molecular weight is 313 g/mol. The molecule has 1 amide bonds. The normalized spacial score (nSPS) is 27.0. The lowest BCUT2D eigenvalue weighted by Gasteiger charge is -2.29. The Kier molecular flexibility index (Phi) is 5.97. The van der Waals surface area contributed by atoms with E-state index in [1.54, 1.807) is 11.8 Å². The third-order valence-corrected chi connectivity index (χ3v) is 6.09. The van der Waals surface area contributed by atoms with Crippen molar-refractivity contribution >= 4 is 23.6 Å². The maximum absolute atomic E-state index is 12.0. The highest BCUT2D eigenvalue weighted by Crippen LogP contribution is 2.51. The Bertz CT molecular complexity index is 382. The molecule has 2 aliphatic carbocycles. The fourth-order valence-electron chi connectivity index (χ4n) is 3.07. The van der Waals surface area contributed by atoms with E-state index in [0.717, 1.165) is 25.0 Å². The molecule has 120 valence electrons. The number of thioether (sulfide) groups is 1. The van der Waals surface area contributed by atoms with Crippen LogP contribution in [0.15, 0.2) is 0 Å². The quantitative estimate of drug-likeness (QED) is 0.734. The molecule has 2 saturated carbocycles. The molecule has 0 aromatic heterocycles. The SMILES string of the molecule is COC(=O)CC1(CSCC(=O)NC2CCCCC2C)CC1. The number of rotatable bonds is 7. The zero-order chi connectivity index (χ0) is 15.3. The average Bonchev–Trinajstić information content (AvgIpc) is 3.21. The number of methoxy groups -OCH3 is 1. The first kappa shape index (κ1) is 16.7. The molecule has 1 N–H and O–H groups in total. The summed E-state index contributed by atoms with van der Waals surface area (Å²) in [6.45, 7) is 2.23. The zero-order valence-electron chi connectivity index (χ0n) is 13.2. The summed E-state index contributed by atoms with van der Waals surface area (Å²) in [6.07, 6.45) is 7.51. The molecule has 0 aliphatic heterocycles. The molecule has 0 radical (unpaired) electrons. The van der Waals surface area contributed by atoms with Crippen LogP contribution >= 0.6 is 11.8 Å². The molecule has 0 aromatic carbocycles. The van der Waals surface area contributed by atoms with Crippen molar-refractivity contribution < 1.29 is 14.3 Å². The van der Waals surface area contributed by atoms with Crippen molar-refractivity contribution in [3.63, 3.8) is 0 Å². The van der Waals surface area contributed by atoms with E-state index in [2.05, 4.69) is 12.2 Å². The van der Waals surface area contributed by atoms with Gasteiger partial charge in [0, 0.05) is 6.04 Å². The van der Waals surface area contributed by atoms with Crippen LogP contribution in [0.4, 0.5) is 0 Å². The Morgan fingerprint density at radius 1 is 1.29 bits per heavy atom. The van der Waals surface area contributed by atoms with Gasteiger partial charge in [0.05, 0.1) is 19.3 Å². The third kappa shape index (κ3) is 5.20. The summed E-state index contributed by atoms with van der Waals surface area (Å²) in [5.74, 6) is 2.00. The van der Waals surface area contributed by atoms with Crippen molar-refractivity contribution in [3.8, 4) is 0 Å². The molecule has 5 heteroatoms. The van der Waals surface area contributed by atoms with Crippen LogP contribution in [0.5, 0.6) is 0 Å². The van der Waals surface area contributed by atoms with E-state index in [0.29, 0.717) is 24.1 Å². The van der Waals surface area contributed by atoms with Gasteiger partial charge >= 0.3 is 5.97 Å². The smallest absolute Gasteiger partial charge is 0.306 e. The van der Waals surface area contributed by atoms with Crippen molar-refractivity contribution in [1.29, 1.82) is 0 Å². The number of nitrogens with one attached hydrogen (secondary N) is 1. The van der Waals surface area contributed by atoms with E-state index in [9.17, 15) is 9.59 Å². The Hall–Kier alpha value is -0.710. The van der Waals surface area contributed by atoms with Gasteiger partial charge in [0.2, 0.25) is 5.91 Å². The number of carbonyl (C=O) groups excluding carboxylic acids is 2. The van der Waals surface area contributed by atoms with Gasteiger partial charge in [0.15, 0.2) is 0 Å². The van der Waals surface area contributed by atoms with Gasteiger partial charge in [-0.2, -0.15) is 11.8 Å². The number of hydrogen-bond donors (Lipinski definition) is 1. The zero-order valence-corrected chi connectivity index (χ0v) is 14.0. The highest BCUT2D eigenvalue weighted by molar-refractivity contribution is 7.99. The van der Waals surface area contributed by atoms with Crippen molar-refractivity contribution in [2.75, 3.05) is 18.6 Å². The van der Waals surface area contributed by atoms with Crippen LogP contribution in [0.3, 0.4) is 0 Å². The number of carbonyl (C=O) groups is 2. The van der Waals surface area contributed by atoms with Crippen LogP contribution in [-0.4, -0.2) is 36.5 Å². The first-order chi connectivity index (χ1) is 10.0. The highest BCUT2D eigenvalue weighted by Gasteiger charge is 2.44. The van der Waals surface area contributed by atoms with Crippen LogP contribution in [0, 0.1) is 11.3 Å². The van der Waals surface area contributed by atoms with E-state index in [1.807, 2.05) is 0 Å². The Labute approximate surface area is 131 Å². The van der Waals surface area contributed by atoms with Gasteiger partial charge in [0.25, 0.3) is 0 Å². The minimum Gasteiger partial charge on any atom is -0.469 e. The van der Waals surface area contributed by atoms with Crippen LogP contribution in [0.25, 0.3) is 0 Å². The minimum absolute atomic E-state index is 0.107. The largest absolute Gasteiger partial charge is 0.469 e. The second-order valence-electron chi connectivity index (χ2n) is 6.68. The summed E-state index contributed by atoms with van der Waals surface area (Å²) >= 11 is 1.65. The fourth-order valence-corrected chi connectivity index (χ4v) is 4.26.